The molecule has 5 rings (SSSR count). The number of anilines is 1. The molecule has 3 aliphatic rings. The Kier molecular flexibility index (Phi) is 5.30. The number of nitrogens with two attached hydrogens (primary N) is 1. The number of halogens is 2. The van der Waals surface area contributed by atoms with Gasteiger partial charge >= 0.3 is 5.96 Å². The zero-order valence-electron chi connectivity index (χ0n) is 18.7. The number of hydrogen-bond donors (Lipinski definition) is 1. The van der Waals surface area contributed by atoms with Crippen molar-refractivity contribution in [3.63, 3.8) is 0 Å². The lowest BCUT2D eigenvalue weighted by Gasteiger charge is -2.36. The first kappa shape index (κ1) is 21.4. The van der Waals surface area contributed by atoms with Gasteiger partial charge < -0.3 is 10.6 Å². The Bertz CT molecular complexity index is 1230. The molecular weight excluding hydrogens is 424 g/mol. The minimum Gasteiger partial charge on any atom is -0.367 e. The molecule has 170 valence electrons. The van der Waals surface area contributed by atoms with Crippen LogP contribution in [0, 0.1) is 11.6 Å². The van der Waals surface area contributed by atoms with Crippen LogP contribution in [0.3, 0.4) is 0 Å². The highest BCUT2D eigenvalue weighted by molar-refractivity contribution is 6.11. The second-order valence-corrected chi connectivity index (χ2v) is 8.64. The Balaban J connectivity index is 1.27. The van der Waals surface area contributed by atoms with Gasteiger partial charge in [-0.2, -0.15) is 9.98 Å². The quantitative estimate of drug-likeness (QED) is 0.728. The van der Waals surface area contributed by atoms with Crippen LogP contribution in [0.25, 0.3) is 5.70 Å². The molecule has 3 aliphatic heterocycles. The first-order valence-electron chi connectivity index (χ1n) is 10.9. The van der Waals surface area contributed by atoms with Gasteiger partial charge in [0.25, 0.3) is 5.84 Å². The predicted molar refractivity (Wildman–Crippen MR) is 127 cm³/mol. The lowest BCUT2D eigenvalue weighted by molar-refractivity contribution is -0.729. The molecule has 0 bridgehead atoms. The number of nitrogens with zero attached hydrogens (tertiary/aromatic N) is 6. The highest BCUT2D eigenvalue weighted by Gasteiger charge is 2.42. The van der Waals surface area contributed by atoms with Crippen LogP contribution in [0.5, 0.6) is 0 Å². The van der Waals surface area contributed by atoms with Crippen molar-refractivity contribution in [2.75, 3.05) is 38.1 Å². The number of piperazine rings is 1. The Morgan fingerprint density at radius 1 is 1.03 bits per heavy atom. The SMILES string of the molecule is CC1=N[N@+]2(C)C(N)=NC(c3cccc(CN4CCN(c5ccc(F)cc5F)CC4)c3)=CC2=N1. The van der Waals surface area contributed by atoms with Crippen LogP contribution >= 0.6 is 0 Å². The van der Waals surface area contributed by atoms with Crippen molar-refractivity contribution in [1.29, 1.82) is 0 Å². The van der Waals surface area contributed by atoms with Crippen molar-refractivity contribution in [3.05, 3.63) is 71.3 Å². The summed E-state index contributed by atoms with van der Waals surface area (Å²) in [5, 5.41) is 4.48. The molecule has 2 aromatic rings. The Morgan fingerprint density at radius 3 is 2.58 bits per heavy atom. The van der Waals surface area contributed by atoms with E-state index in [0.29, 0.717) is 30.6 Å². The van der Waals surface area contributed by atoms with E-state index in [1.165, 1.54) is 12.1 Å². The lowest BCUT2D eigenvalue weighted by atomic mass is 10.1. The Morgan fingerprint density at radius 2 is 1.82 bits per heavy atom. The zero-order chi connectivity index (χ0) is 23.2. The maximum absolute atomic E-state index is 14.1. The van der Waals surface area contributed by atoms with Gasteiger partial charge in [0.1, 0.15) is 18.7 Å². The normalized spacial score (nSPS) is 23.0. The average molecular weight is 451 g/mol. The molecule has 0 saturated carbocycles. The number of fused-ring (bicyclic) bond motifs is 1. The van der Waals surface area contributed by atoms with Crippen LogP contribution in [-0.2, 0) is 6.54 Å². The van der Waals surface area contributed by atoms with E-state index in [4.69, 9.17) is 5.73 Å². The van der Waals surface area contributed by atoms with Gasteiger partial charge in [-0.05, 0) is 23.8 Å². The molecule has 2 N–H and O–H groups in total. The largest absolute Gasteiger partial charge is 0.367 e. The highest BCUT2D eigenvalue weighted by Crippen LogP contribution is 2.28. The van der Waals surface area contributed by atoms with Gasteiger partial charge in [-0.15, -0.1) is 0 Å². The van der Waals surface area contributed by atoms with E-state index in [9.17, 15) is 8.78 Å². The third kappa shape index (κ3) is 4.05. The van der Waals surface area contributed by atoms with Gasteiger partial charge in [0, 0.05) is 57.4 Å². The molecular formula is C24H26F2N7+. The summed E-state index contributed by atoms with van der Waals surface area (Å²) < 4.78 is 27.4. The van der Waals surface area contributed by atoms with E-state index in [1.54, 1.807) is 0 Å². The topological polar surface area (TPSA) is 69.6 Å². The monoisotopic (exact) mass is 450 g/mol. The van der Waals surface area contributed by atoms with E-state index in [-0.39, 0.29) is 4.59 Å². The van der Waals surface area contributed by atoms with Crippen molar-refractivity contribution in [1.82, 2.24) is 4.90 Å². The fourth-order valence-electron chi connectivity index (χ4n) is 4.45. The standard InChI is InChI=1S/C24H26F2N7/c1-16-28-23-14-21(29-24(27)33(23,2)30-16)18-5-3-4-17(12-18)15-31-8-10-32(11-9-31)22-7-6-19(25)13-20(22)26/h3-7,12-14H,8-11,15H2,1-2H3,(H2,27,29)/q+1/t33-/m0/s1. The van der Waals surface area contributed by atoms with Gasteiger partial charge in [-0.3, -0.25) is 4.90 Å². The number of amidine groups is 2. The summed E-state index contributed by atoms with van der Waals surface area (Å²) in [6.45, 7) is 5.57. The molecule has 9 heteroatoms. The molecule has 1 atom stereocenters. The number of rotatable bonds is 4. The van der Waals surface area contributed by atoms with Crippen molar-refractivity contribution in [3.8, 4) is 0 Å². The van der Waals surface area contributed by atoms with Crippen LogP contribution in [0.4, 0.5) is 14.5 Å². The molecule has 1 saturated heterocycles. The molecule has 33 heavy (non-hydrogen) atoms. The number of hydrogen-bond acceptors (Lipinski definition) is 6. The maximum Gasteiger partial charge on any atom is 0.333 e. The number of benzene rings is 2. The van der Waals surface area contributed by atoms with Crippen molar-refractivity contribution in [2.24, 2.45) is 20.8 Å². The van der Waals surface area contributed by atoms with Gasteiger partial charge in [0.2, 0.25) is 0 Å². The van der Waals surface area contributed by atoms with Gasteiger partial charge in [-0.1, -0.05) is 27.9 Å². The predicted octanol–water partition coefficient (Wildman–Crippen LogP) is 3.15. The van der Waals surface area contributed by atoms with Crippen LogP contribution in [0.2, 0.25) is 0 Å². The molecule has 0 unspecified atom stereocenters. The fourth-order valence-corrected chi connectivity index (χ4v) is 4.45. The van der Waals surface area contributed by atoms with Crippen LogP contribution in [-0.4, -0.2) is 60.3 Å². The van der Waals surface area contributed by atoms with Gasteiger partial charge in [0.15, 0.2) is 5.84 Å². The molecule has 0 spiro atoms. The van der Waals surface area contributed by atoms with E-state index >= 15 is 0 Å². The van der Waals surface area contributed by atoms with E-state index in [1.807, 2.05) is 37.1 Å². The first-order valence-corrected chi connectivity index (χ1v) is 10.9. The summed E-state index contributed by atoms with van der Waals surface area (Å²) >= 11 is 0. The van der Waals surface area contributed by atoms with Crippen molar-refractivity contribution < 1.29 is 13.4 Å². The molecule has 1 fully saturated rings. The summed E-state index contributed by atoms with van der Waals surface area (Å²) in [5.74, 6) is 0.748. The summed E-state index contributed by atoms with van der Waals surface area (Å²) in [7, 11) is 1.87. The van der Waals surface area contributed by atoms with E-state index < -0.39 is 11.6 Å². The third-order valence-electron chi connectivity index (χ3n) is 6.27. The van der Waals surface area contributed by atoms with Crippen molar-refractivity contribution in [2.45, 2.75) is 13.5 Å². The number of quaternary nitrogens is 1. The smallest absolute Gasteiger partial charge is 0.333 e. The van der Waals surface area contributed by atoms with E-state index in [0.717, 1.165) is 48.4 Å². The summed E-state index contributed by atoms with van der Waals surface area (Å²) in [4.78, 5) is 13.4. The number of likely N-dealkylation sites (N-methyl/N-ethyl adjacent to an activating group) is 1. The first-order chi connectivity index (χ1) is 15.8. The van der Waals surface area contributed by atoms with Crippen LogP contribution < -0.4 is 10.6 Å². The molecule has 0 radical (unpaired) electrons. The molecule has 0 aliphatic carbocycles. The van der Waals surface area contributed by atoms with Crippen LogP contribution in [0.15, 0.2) is 63.6 Å². The second kappa shape index (κ2) is 8.17. The van der Waals surface area contributed by atoms with Crippen LogP contribution in [0.1, 0.15) is 18.1 Å². The van der Waals surface area contributed by atoms with E-state index in [2.05, 4.69) is 32.1 Å². The highest BCUT2D eigenvalue weighted by atomic mass is 19.1. The molecule has 0 aromatic heterocycles. The number of aliphatic imine (C=N–C) groups is 2. The van der Waals surface area contributed by atoms with Gasteiger partial charge in [0.05, 0.1) is 11.4 Å². The zero-order valence-corrected chi connectivity index (χ0v) is 18.7. The second-order valence-electron chi connectivity index (χ2n) is 8.64. The molecule has 2 aromatic carbocycles. The summed E-state index contributed by atoms with van der Waals surface area (Å²) in [6.07, 6.45) is 1.94. The fraction of sp³-hybridized carbons (Fsp3) is 0.292. The lowest BCUT2D eigenvalue weighted by Crippen LogP contribution is -2.52. The average Bonchev–Trinajstić information content (AvgIpc) is 3.09. The Hall–Kier alpha value is -3.43. The molecule has 0 amide bonds. The minimum absolute atomic E-state index is 0.0634. The maximum atomic E-state index is 14.1. The van der Waals surface area contributed by atoms with Gasteiger partial charge in [-0.25, -0.2) is 8.78 Å². The Labute approximate surface area is 191 Å². The summed E-state index contributed by atoms with van der Waals surface area (Å²) in [6, 6.07) is 12.0. The molecule has 3 heterocycles. The minimum atomic E-state index is -0.555. The molecule has 7 nitrogen and oxygen atoms in total. The third-order valence-corrected chi connectivity index (χ3v) is 6.27. The van der Waals surface area contributed by atoms with Crippen molar-refractivity contribution >= 4 is 29.0 Å². The number of guanidine groups is 1. The summed E-state index contributed by atoms with van der Waals surface area (Å²) in [5.41, 5.74) is 9.60.